The van der Waals surface area contributed by atoms with Crippen LogP contribution in [0.4, 0.5) is 22.7 Å². The van der Waals surface area contributed by atoms with Gasteiger partial charge in [-0.05, 0) is 136 Å². The van der Waals surface area contributed by atoms with Crippen LogP contribution >= 0.6 is 0 Å². The molecule has 0 unspecified atom stereocenters. The Balaban J connectivity index is 1.12. The van der Waals surface area contributed by atoms with Gasteiger partial charge in [-0.25, -0.2) is 34.3 Å². The zero-order chi connectivity index (χ0) is 63.1. The minimum atomic E-state index is 0.237. The highest BCUT2D eigenvalue weighted by Gasteiger charge is 2.26. The van der Waals surface area contributed by atoms with Crippen molar-refractivity contribution in [3.8, 4) is 120 Å². The van der Waals surface area contributed by atoms with Gasteiger partial charge in [0, 0.05) is 49.4 Å². The Kier molecular flexibility index (Phi) is 13.6. The zero-order valence-corrected chi connectivity index (χ0v) is 48.0. The minimum absolute atomic E-state index is 0.237. The summed E-state index contributed by atoms with van der Waals surface area (Å²) < 4.78 is 4.06. The quantitative estimate of drug-likeness (QED) is 0.128. The number of rotatable bonds is 9. The van der Waals surface area contributed by atoms with E-state index >= 15 is 0 Å². The molecule has 14 heteroatoms. The van der Waals surface area contributed by atoms with Gasteiger partial charge in [0.1, 0.15) is 11.6 Å². The van der Waals surface area contributed by atoms with Gasteiger partial charge in [0.2, 0.25) is 0 Å². The molecule has 14 aromatic rings. The lowest BCUT2D eigenvalue weighted by molar-refractivity contribution is 1.06. The van der Waals surface area contributed by atoms with Crippen molar-refractivity contribution in [1.82, 2.24) is 24.1 Å². The van der Waals surface area contributed by atoms with Crippen molar-refractivity contribution in [1.29, 1.82) is 26.3 Å². The van der Waals surface area contributed by atoms with Crippen molar-refractivity contribution in [2.75, 3.05) is 0 Å². The van der Waals surface area contributed by atoms with E-state index < -0.39 is 0 Å². The summed E-state index contributed by atoms with van der Waals surface area (Å²) in [6.45, 7) is 31.8. The molecule has 0 fully saturated rings. The summed E-state index contributed by atoms with van der Waals surface area (Å²) in [5.41, 5.74) is 13.5. The number of benzene rings is 11. The number of nitrogens with zero attached hydrogens (tertiary/aromatic N) is 14. The molecule has 0 bridgehead atoms. The molecule has 0 saturated carbocycles. The van der Waals surface area contributed by atoms with E-state index in [1.54, 1.807) is 72.8 Å². The summed E-state index contributed by atoms with van der Waals surface area (Å²) in [6, 6.07) is 78.0. The number of hydrogen-bond acceptors (Lipinski definition) is 8. The highest BCUT2D eigenvalue weighted by atomic mass is 15.1. The maximum absolute atomic E-state index is 12.2. The highest BCUT2D eigenvalue weighted by Crippen LogP contribution is 2.46. The molecule has 14 rings (SSSR count). The van der Waals surface area contributed by atoms with E-state index in [9.17, 15) is 26.3 Å². The summed E-state index contributed by atoms with van der Waals surface area (Å²) in [4.78, 5) is 30.4. The van der Waals surface area contributed by atoms with Crippen molar-refractivity contribution in [2.45, 2.75) is 0 Å². The van der Waals surface area contributed by atoms with Gasteiger partial charge >= 0.3 is 0 Å². The Labute approximate surface area is 526 Å². The van der Waals surface area contributed by atoms with Gasteiger partial charge in [-0.2, -0.15) is 26.3 Å². The molecule has 0 spiro atoms. The monoisotopic (exact) mass is 1170 g/mol. The molecule has 14 nitrogen and oxygen atoms in total. The topological polar surface area (TPSA) is 185 Å². The first-order valence-corrected chi connectivity index (χ1v) is 28.5. The lowest BCUT2D eigenvalue weighted by atomic mass is 9.96. The Morgan fingerprint density at radius 2 is 0.685 bits per heavy atom. The smallest absolute Gasteiger partial charge is 0.196 e. The van der Waals surface area contributed by atoms with Gasteiger partial charge in [-0.3, -0.25) is 0 Å². The van der Waals surface area contributed by atoms with Crippen molar-refractivity contribution in [2.24, 2.45) is 0 Å². The number of fused-ring (bicyclic) bond motifs is 6. The Bertz CT molecular complexity index is 5330. The van der Waals surface area contributed by atoms with Crippen LogP contribution in [0.2, 0.25) is 0 Å². The average Bonchev–Trinajstić information content (AvgIpc) is 1.56. The van der Waals surface area contributed by atoms with Gasteiger partial charge in [0.15, 0.2) is 40.2 Å². The molecule has 0 N–H and O–H groups in total. The van der Waals surface area contributed by atoms with Gasteiger partial charge in [-0.1, -0.05) is 127 Å². The third-order valence-electron chi connectivity index (χ3n) is 16.4. The van der Waals surface area contributed by atoms with Crippen LogP contribution in [0.1, 0.15) is 27.8 Å². The van der Waals surface area contributed by atoms with Gasteiger partial charge in [0.05, 0.1) is 95.1 Å². The van der Waals surface area contributed by atoms with Crippen molar-refractivity contribution < 1.29 is 0 Å². The predicted molar refractivity (Wildman–Crippen MR) is 355 cm³/mol. The van der Waals surface area contributed by atoms with Crippen LogP contribution in [0.15, 0.2) is 218 Å². The summed E-state index contributed by atoms with van der Waals surface area (Å²) in [7, 11) is 0. The standard InChI is InChI=1S/C78H36N14/c1-84-57-21-25-60(56(33-57)44-82)51-18-28-71-64(35-51)66-37-53(62-26-22-58(85-2)40-69(62)87-4)20-30-73(66)92(71)75-39-54(78-89-76(48-11-7-5-8-12-48)88-77(90-78)49-13-9-6-10-14-49)38-74(67(75)45-83)91-70-27-17-50(59-23-15-46(41-79)31-55(59)43-81)34-63(70)65-36-52(19-29-72(65)91)61-24-16-47(42-80)32-68(61)86-3/h5-40H. The molecule has 3 aromatic heterocycles. The van der Waals surface area contributed by atoms with Gasteiger partial charge < -0.3 is 9.13 Å². The van der Waals surface area contributed by atoms with E-state index in [1.807, 2.05) is 155 Å². The van der Waals surface area contributed by atoms with E-state index in [1.165, 1.54) is 0 Å². The fraction of sp³-hybridized carbons (Fsp3) is 0. The fourth-order valence-corrected chi connectivity index (χ4v) is 12.1. The SMILES string of the molecule is [C-]#[N+]c1ccc(-c2ccc3c(c2)c2cc(-c4ccc([N+]#[C-])cc4[N+]#[C-])ccc2n3-c2cc(-c3nc(-c4ccccc4)nc(-c4ccccc4)n3)cc(-n3c4ccc(-c5ccc(C#N)cc5C#N)cc4c4cc(-c5ccc(C#N)cc5[N+]#[C-])ccc43)c2C#N)c(C#N)c1. The van der Waals surface area contributed by atoms with Crippen LogP contribution < -0.4 is 0 Å². The Hall–Kier alpha value is -14.6. The van der Waals surface area contributed by atoms with Crippen molar-refractivity contribution >= 4 is 66.4 Å². The fourth-order valence-electron chi connectivity index (χ4n) is 12.1. The first kappa shape index (κ1) is 55.3. The molecule has 0 amide bonds. The normalized spacial score (nSPS) is 10.7. The molecule has 0 aliphatic carbocycles. The lowest BCUT2D eigenvalue weighted by Crippen LogP contribution is -2.07. The first-order chi connectivity index (χ1) is 45.2. The average molecular weight is 1170 g/mol. The molecule has 418 valence electrons. The number of nitriles is 5. The van der Waals surface area contributed by atoms with Crippen LogP contribution in [0, 0.1) is 82.9 Å². The van der Waals surface area contributed by atoms with Crippen molar-refractivity contribution in [3.05, 3.63) is 292 Å². The van der Waals surface area contributed by atoms with E-state index in [0.29, 0.717) is 140 Å². The van der Waals surface area contributed by atoms with Gasteiger partial charge in [-0.15, -0.1) is 0 Å². The molecule has 0 radical (unpaired) electrons. The second-order valence-corrected chi connectivity index (χ2v) is 21.5. The van der Waals surface area contributed by atoms with Crippen LogP contribution in [0.5, 0.6) is 0 Å². The van der Waals surface area contributed by atoms with Crippen LogP contribution in [0.25, 0.3) is 153 Å². The van der Waals surface area contributed by atoms with Crippen LogP contribution in [0.3, 0.4) is 0 Å². The summed E-state index contributed by atoms with van der Waals surface area (Å²) in [5.74, 6) is 1.10. The Morgan fingerprint density at radius 3 is 1.11 bits per heavy atom. The van der Waals surface area contributed by atoms with E-state index in [0.717, 1.165) is 32.7 Å². The predicted octanol–water partition coefficient (Wildman–Crippen LogP) is 19.3. The molecule has 0 saturated heterocycles. The Morgan fingerprint density at radius 1 is 0.304 bits per heavy atom. The molecular formula is C78H36N14. The number of hydrogen-bond donors (Lipinski definition) is 0. The zero-order valence-electron chi connectivity index (χ0n) is 48.0. The molecule has 0 atom stereocenters. The van der Waals surface area contributed by atoms with Crippen LogP contribution in [-0.4, -0.2) is 24.1 Å². The lowest BCUT2D eigenvalue weighted by Gasteiger charge is -2.19. The third kappa shape index (κ3) is 9.35. The largest absolute Gasteiger partial charge is 0.308 e. The first-order valence-electron chi connectivity index (χ1n) is 28.5. The maximum atomic E-state index is 12.2. The summed E-state index contributed by atoms with van der Waals surface area (Å²) in [5, 5.41) is 55.7. The second kappa shape index (κ2) is 22.7. The summed E-state index contributed by atoms with van der Waals surface area (Å²) in [6.07, 6.45) is 0. The summed E-state index contributed by atoms with van der Waals surface area (Å²) >= 11 is 0. The third-order valence-corrected chi connectivity index (χ3v) is 16.4. The van der Waals surface area contributed by atoms with Gasteiger partial charge in [0.25, 0.3) is 0 Å². The minimum Gasteiger partial charge on any atom is -0.308 e. The van der Waals surface area contributed by atoms with Crippen LogP contribution in [-0.2, 0) is 0 Å². The molecule has 3 heterocycles. The maximum Gasteiger partial charge on any atom is 0.196 e. The molecule has 11 aromatic carbocycles. The van der Waals surface area contributed by atoms with Crippen molar-refractivity contribution in [3.63, 3.8) is 0 Å². The number of aromatic nitrogens is 5. The molecular weight excluding hydrogens is 1130 g/mol. The molecule has 92 heavy (non-hydrogen) atoms. The second-order valence-electron chi connectivity index (χ2n) is 21.5. The molecule has 0 aliphatic rings. The highest BCUT2D eigenvalue weighted by molar-refractivity contribution is 6.14. The van der Waals surface area contributed by atoms with E-state index in [-0.39, 0.29) is 11.3 Å². The molecule has 0 aliphatic heterocycles. The van der Waals surface area contributed by atoms with E-state index in [4.69, 9.17) is 41.2 Å². The van der Waals surface area contributed by atoms with E-state index in [2.05, 4.69) is 49.7 Å².